The quantitative estimate of drug-likeness (QED) is 0.0662. The van der Waals surface area contributed by atoms with E-state index in [-0.39, 0.29) is 31.3 Å². The van der Waals surface area contributed by atoms with Crippen LogP contribution >= 0.6 is 0 Å². The van der Waals surface area contributed by atoms with E-state index >= 15 is 0 Å². The molecule has 0 aromatic rings. The Balaban J connectivity index is 2.29. The predicted octanol–water partition coefficient (Wildman–Crippen LogP) is 5.55. The highest BCUT2D eigenvalue weighted by molar-refractivity contribution is 5.71. The van der Waals surface area contributed by atoms with Gasteiger partial charge in [0.1, 0.15) is 6.61 Å². The second-order valence-electron chi connectivity index (χ2n) is 11.5. The van der Waals surface area contributed by atoms with Gasteiger partial charge in [0.2, 0.25) is 0 Å². The van der Waals surface area contributed by atoms with Gasteiger partial charge in [-0.3, -0.25) is 9.59 Å². The molecule has 8 heteroatoms. The van der Waals surface area contributed by atoms with Crippen LogP contribution in [0.15, 0.2) is 24.3 Å². The first-order chi connectivity index (χ1) is 19.8. The third-order valence-corrected chi connectivity index (χ3v) is 7.85. The molecule has 0 aliphatic heterocycles. The predicted molar refractivity (Wildman–Crippen MR) is 161 cm³/mol. The number of aliphatic hydroxyl groups is 4. The standard InChI is InChI=1S/C33H58O8/c1-3-5-7-8-9-10-11-12-14-20-33(39)41-27(24-34)25-40-32(38)19-16-15-18-28-29(31(37)23-30(28)36)22-21-26(35)17-13-6-4-2/h15-16,21-22,26-31,34-37H,3-14,17-20,23-25H2,1-2H3/b16-15-,22-21+/t26-,27+,28+,29-,30+,31-/m1/s1. The van der Waals surface area contributed by atoms with Gasteiger partial charge in [-0.1, -0.05) is 109 Å². The molecular weight excluding hydrogens is 524 g/mol. The molecule has 41 heavy (non-hydrogen) atoms. The summed E-state index contributed by atoms with van der Waals surface area (Å²) < 4.78 is 10.4. The number of hydrogen-bond donors (Lipinski definition) is 4. The molecule has 0 aromatic carbocycles. The Hall–Kier alpha value is -1.74. The average Bonchev–Trinajstić information content (AvgIpc) is 3.22. The van der Waals surface area contributed by atoms with E-state index in [4.69, 9.17) is 9.47 Å². The van der Waals surface area contributed by atoms with E-state index in [0.29, 0.717) is 19.3 Å². The molecule has 1 aliphatic carbocycles. The zero-order valence-corrected chi connectivity index (χ0v) is 25.6. The molecule has 0 aromatic heterocycles. The van der Waals surface area contributed by atoms with E-state index in [0.717, 1.165) is 38.5 Å². The lowest BCUT2D eigenvalue weighted by atomic mass is 9.89. The molecule has 0 radical (unpaired) electrons. The Labute approximate surface area is 248 Å². The van der Waals surface area contributed by atoms with Crippen LogP contribution in [0, 0.1) is 11.8 Å². The van der Waals surface area contributed by atoms with Crippen LogP contribution in [0.1, 0.15) is 123 Å². The average molecular weight is 583 g/mol. The zero-order chi connectivity index (χ0) is 30.3. The van der Waals surface area contributed by atoms with E-state index in [1.165, 1.54) is 38.5 Å². The van der Waals surface area contributed by atoms with Crippen LogP contribution in [-0.4, -0.2) is 70.0 Å². The summed E-state index contributed by atoms with van der Waals surface area (Å²) >= 11 is 0. The van der Waals surface area contributed by atoms with Crippen molar-refractivity contribution in [3.05, 3.63) is 24.3 Å². The molecule has 0 heterocycles. The highest BCUT2D eigenvalue weighted by atomic mass is 16.6. The van der Waals surface area contributed by atoms with Gasteiger partial charge in [-0.2, -0.15) is 0 Å². The molecule has 0 unspecified atom stereocenters. The fourth-order valence-electron chi connectivity index (χ4n) is 5.29. The lowest BCUT2D eigenvalue weighted by Crippen LogP contribution is -2.28. The van der Waals surface area contributed by atoms with Crippen LogP contribution in [-0.2, 0) is 19.1 Å². The highest BCUT2D eigenvalue weighted by Crippen LogP contribution is 2.36. The minimum absolute atomic E-state index is 0.00650. The smallest absolute Gasteiger partial charge is 0.309 e. The molecule has 1 saturated carbocycles. The van der Waals surface area contributed by atoms with Crippen LogP contribution < -0.4 is 0 Å². The molecule has 0 spiro atoms. The van der Waals surface area contributed by atoms with Crippen LogP contribution in [0.5, 0.6) is 0 Å². The molecule has 8 nitrogen and oxygen atoms in total. The SMILES string of the molecule is CCCCCCCCCCCC(=O)O[C@@H](CO)COC(=O)C/C=C\C[C@H]1[C@@H](/C=C/[C@H](O)CCCCC)[C@H](O)C[C@@H]1O. The maximum absolute atomic E-state index is 12.1. The van der Waals surface area contributed by atoms with Crippen LogP contribution in [0.25, 0.3) is 0 Å². The van der Waals surface area contributed by atoms with Crippen molar-refractivity contribution >= 4 is 11.9 Å². The van der Waals surface area contributed by atoms with Crippen molar-refractivity contribution in [2.45, 2.75) is 147 Å². The summed E-state index contributed by atoms with van der Waals surface area (Å²) in [5.41, 5.74) is 0. The zero-order valence-electron chi connectivity index (χ0n) is 25.6. The number of ether oxygens (including phenoxy) is 2. The molecule has 6 atom stereocenters. The largest absolute Gasteiger partial charge is 0.461 e. The van der Waals surface area contributed by atoms with Gasteiger partial charge in [0.05, 0.1) is 31.3 Å². The Kier molecular flexibility index (Phi) is 21.6. The third kappa shape index (κ3) is 17.7. The van der Waals surface area contributed by atoms with Crippen LogP contribution in [0.2, 0.25) is 0 Å². The number of carbonyl (C=O) groups excluding carboxylic acids is 2. The fourth-order valence-corrected chi connectivity index (χ4v) is 5.29. The summed E-state index contributed by atoms with van der Waals surface area (Å²) in [6.07, 6.45) is 19.4. The van der Waals surface area contributed by atoms with Crippen LogP contribution in [0.3, 0.4) is 0 Å². The van der Waals surface area contributed by atoms with Crippen LogP contribution in [0.4, 0.5) is 0 Å². The van der Waals surface area contributed by atoms with Gasteiger partial charge in [0, 0.05) is 18.8 Å². The van der Waals surface area contributed by atoms with Gasteiger partial charge < -0.3 is 29.9 Å². The van der Waals surface area contributed by atoms with E-state index < -0.39 is 43.0 Å². The number of allylic oxidation sites excluding steroid dienone is 1. The van der Waals surface area contributed by atoms with Gasteiger partial charge in [-0.05, 0) is 25.2 Å². The first-order valence-electron chi connectivity index (χ1n) is 16.2. The number of unbranched alkanes of at least 4 members (excludes halogenated alkanes) is 10. The molecule has 238 valence electrons. The van der Waals surface area contributed by atoms with Gasteiger partial charge >= 0.3 is 11.9 Å². The second kappa shape index (κ2) is 23.8. The van der Waals surface area contributed by atoms with Crippen molar-refractivity contribution in [3.63, 3.8) is 0 Å². The van der Waals surface area contributed by atoms with Crippen molar-refractivity contribution in [2.75, 3.05) is 13.2 Å². The lowest BCUT2D eigenvalue weighted by Gasteiger charge is -2.19. The number of aliphatic hydroxyl groups excluding tert-OH is 4. The molecule has 1 rings (SSSR count). The van der Waals surface area contributed by atoms with E-state index in [1.807, 2.05) is 6.08 Å². The van der Waals surface area contributed by atoms with Gasteiger partial charge in [-0.25, -0.2) is 0 Å². The number of esters is 2. The van der Waals surface area contributed by atoms with Crippen molar-refractivity contribution in [2.24, 2.45) is 11.8 Å². The Morgan fingerprint density at radius 1 is 0.854 bits per heavy atom. The second-order valence-corrected chi connectivity index (χ2v) is 11.5. The van der Waals surface area contributed by atoms with E-state index in [9.17, 15) is 30.0 Å². The van der Waals surface area contributed by atoms with Crippen molar-refractivity contribution in [1.82, 2.24) is 0 Å². The summed E-state index contributed by atoms with van der Waals surface area (Å²) in [4.78, 5) is 24.2. The van der Waals surface area contributed by atoms with E-state index in [1.54, 1.807) is 18.2 Å². The maximum Gasteiger partial charge on any atom is 0.309 e. The summed E-state index contributed by atoms with van der Waals surface area (Å²) in [5.74, 6) is -1.37. The van der Waals surface area contributed by atoms with Gasteiger partial charge in [-0.15, -0.1) is 0 Å². The summed E-state index contributed by atoms with van der Waals surface area (Å²) in [6, 6.07) is 0. The Morgan fingerprint density at radius 2 is 1.49 bits per heavy atom. The van der Waals surface area contributed by atoms with E-state index in [2.05, 4.69) is 13.8 Å². The number of hydrogen-bond acceptors (Lipinski definition) is 8. The van der Waals surface area contributed by atoms with Gasteiger partial charge in [0.25, 0.3) is 0 Å². The minimum atomic E-state index is -0.881. The summed E-state index contributed by atoms with van der Waals surface area (Å²) in [7, 11) is 0. The molecule has 1 fully saturated rings. The lowest BCUT2D eigenvalue weighted by molar-refractivity contribution is -0.161. The van der Waals surface area contributed by atoms with Crippen molar-refractivity contribution < 1.29 is 39.5 Å². The first kappa shape index (κ1) is 37.3. The summed E-state index contributed by atoms with van der Waals surface area (Å²) in [5, 5.41) is 40.4. The molecule has 0 bridgehead atoms. The molecule has 0 saturated heterocycles. The first-order valence-corrected chi connectivity index (χ1v) is 16.2. The fraction of sp³-hybridized carbons (Fsp3) is 0.818. The summed E-state index contributed by atoms with van der Waals surface area (Å²) in [6.45, 7) is 3.70. The molecule has 0 amide bonds. The van der Waals surface area contributed by atoms with Crippen molar-refractivity contribution in [1.29, 1.82) is 0 Å². The minimum Gasteiger partial charge on any atom is -0.461 e. The number of carbonyl (C=O) groups is 2. The van der Waals surface area contributed by atoms with Gasteiger partial charge in [0.15, 0.2) is 6.10 Å². The van der Waals surface area contributed by atoms with Crippen molar-refractivity contribution in [3.8, 4) is 0 Å². The normalized spacial score (nSPS) is 22.4. The molecule has 1 aliphatic rings. The Morgan fingerprint density at radius 3 is 2.15 bits per heavy atom. The molecule has 4 N–H and O–H groups in total. The topological polar surface area (TPSA) is 134 Å². The Bertz CT molecular complexity index is 737. The third-order valence-electron chi connectivity index (χ3n) is 7.85. The highest BCUT2D eigenvalue weighted by Gasteiger charge is 2.39. The monoisotopic (exact) mass is 582 g/mol. The number of rotatable bonds is 24. The maximum atomic E-state index is 12.1. The molecular formula is C33H58O8.